The van der Waals surface area contributed by atoms with Crippen LogP contribution in [0, 0.1) is 0 Å². The van der Waals surface area contributed by atoms with Gasteiger partial charge in [0.1, 0.15) is 0 Å². The average molecular weight is 427 g/mol. The monoisotopic (exact) mass is 426 g/mol. The van der Waals surface area contributed by atoms with Gasteiger partial charge < -0.3 is 0 Å². The van der Waals surface area contributed by atoms with Gasteiger partial charge in [-0.2, -0.15) is 0 Å². The Labute approximate surface area is 196 Å². The number of rotatable bonds is 7. The normalized spacial score (nSPS) is 15.1. The summed E-state index contributed by atoms with van der Waals surface area (Å²) in [4.78, 5) is 0. The minimum atomic E-state index is 0.580. The quantitative estimate of drug-likeness (QED) is 0.413. The minimum Gasteiger partial charge on any atom is -0.0649 e. The molecule has 2 aromatic carbocycles. The van der Waals surface area contributed by atoms with Gasteiger partial charge in [0.15, 0.2) is 0 Å². The summed E-state index contributed by atoms with van der Waals surface area (Å²) in [5, 5.41) is 0. The number of fused-ring (bicyclic) bond motifs is 2. The van der Waals surface area contributed by atoms with Crippen molar-refractivity contribution in [3.63, 3.8) is 0 Å². The standard InChI is InChI=1S/C32H42/c1-19(2)25-11-12-26(20(3)4)30-16-23(15-29(25)30)9-10-24-17-31-27(21(5)6)13-14-28(22(7)8)32(31)18-24/h11-15,17,19-22H,9-10,16,18H2,1-8H3. The van der Waals surface area contributed by atoms with Crippen molar-refractivity contribution in [1.29, 1.82) is 0 Å². The van der Waals surface area contributed by atoms with Crippen LogP contribution in [-0.4, -0.2) is 0 Å². The van der Waals surface area contributed by atoms with E-state index in [1.54, 1.807) is 33.4 Å². The fourth-order valence-corrected chi connectivity index (χ4v) is 5.83. The molecule has 0 heterocycles. The van der Waals surface area contributed by atoms with Crippen LogP contribution in [0.3, 0.4) is 0 Å². The first kappa shape index (κ1) is 23.1. The molecule has 0 amide bonds. The molecule has 2 aliphatic carbocycles. The van der Waals surface area contributed by atoms with E-state index in [1.165, 1.54) is 35.1 Å². The van der Waals surface area contributed by atoms with Gasteiger partial charge in [0.2, 0.25) is 0 Å². The van der Waals surface area contributed by atoms with Crippen molar-refractivity contribution in [3.05, 3.63) is 79.9 Å². The molecule has 0 aliphatic heterocycles. The second kappa shape index (κ2) is 9.05. The summed E-state index contributed by atoms with van der Waals surface area (Å²) < 4.78 is 0. The van der Waals surface area contributed by atoms with E-state index in [0.29, 0.717) is 23.7 Å². The first-order valence-electron chi connectivity index (χ1n) is 12.9. The Hall–Kier alpha value is -2.08. The molecule has 32 heavy (non-hydrogen) atoms. The van der Waals surface area contributed by atoms with Gasteiger partial charge in [0.05, 0.1) is 0 Å². The molecule has 0 nitrogen and oxygen atoms in total. The summed E-state index contributed by atoms with van der Waals surface area (Å²) in [6, 6.07) is 9.56. The second-order valence-electron chi connectivity index (χ2n) is 11.4. The molecule has 2 aromatic rings. The van der Waals surface area contributed by atoms with Gasteiger partial charge in [-0.3, -0.25) is 0 Å². The molecule has 0 heteroatoms. The van der Waals surface area contributed by atoms with Crippen molar-refractivity contribution in [3.8, 4) is 0 Å². The Morgan fingerprint density at radius 2 is 0.812 bits per heavy atom. The fraction of sp³-hybridized carbons (Fsp3) is 0.500. The Kier molecular flexibility index (Phi) is 6.53. The lowest BCUT2D eigenvalue weighted by Crippen LogP contribution is -2.01. The van der Waals surface area contributed by atoms with E-state index in [4.69, 9.17) is 0 Å². The van der Waals surface area contributed by atoms with Gasteiger partial charge in [-0.1, -0.05) is 103 Å². The van der Waals surface area contributed by atoms with Gasteiger partial charge in [-0.05, 0) is 93.9 Å². The smallest absolute Gasteiger partial charge is 0.00548 e. The highest BCUT2D eigenvalue weighted by Gasteiger charge is 2.24. The topological polar surface area (TPSA) is 0 Å². The van der Waals surface area contributed by atoms with E-state index < -0.39 is 0 Å². The maximum atomic E-state index is 2.54. The lowest BCUT2D eigenvalue weighted by Gasteiger charge is -2.17. The maximum Gasteiger partial charge on any atom is -0.00548 e. The first-order chi connectivity index (χ1) is 15.2. The third kappa shape index (κ3) is 4.26. The first-order valence-corrected chi connectivity index (χ1v) is 12.9. The summed E-state index contributed by atoms with van der Waals surface area (Å²) in [5.41, 5.74) is 15.7. The van der Waals surface area contributed by atoms with Crippen molar-refractivity contribution < 1.29 is 0 Å². The van der Waals surface area contributed by atoms with E-state index in [9.17, 15) is 0 Å². The van der Waals surface area contributed by atoms with Crippen LogP contribution in [0.2, 0.25) is 0 Å². The molecule has 0 saturated heterocycles. The number of hydrogen-bond acceptors (Lipinski definition) is 0. The van der Waals surface area contributed by atoms with Crippen LogP contribution in [0.4, 0.5) is 0 Å². The number of allylic oxidation sites excluding steroid dienone is 2. The van der Waals surface area contributed by atoms with Crippen LogP contribution >= 0.6 is 0 Å². The molecule has 0 fully saturated rings. The molecule has 0 atom stereocenters. The molecule has 0 bridgehead atoms. The number of benzene rings is 2. The SMILES string of the molecule is CC(C)c1ccc(C(C)C)c2c1C=C(CCC1=Cc3c(C(C)C)ccc(C(C)C)c3C1)C2. The molecule has 0 aromatic heterocycles. The van der Waals surface area contributed by atoms with E-state index in [0.717, 1.165) is 12.8 Å². The molecule has 170 valence electrons. The molecule has 0 spiro atoms. The molecule has 2 aliphatic rings. The molecular formula is C32H42. The maximum absolute atomic E-state index is 2.54. The Morgan fingerprint density at radius 1 is 0.500 bits per heavy atom. The van der Waals surface area contributed by atoms with Crippen molar-refractivity contribution >= 4 is 12.2 Å². The second-order valence-corrected chi connectivity index (χ2v) is 11.4. The van der Waals surface area contributed by atoms with Crippen LogP contribution < -0.4 is 0 Å². The summed E-state index contributed by atoms with van der Waals surface area (Å²) in [5.74, 6) is 2.34. The van der Waals surface area contributed by atoms with Crippen LogP contribution in [0.25, 0.3) is 12.2 Å². The zero-order valence-electron chi connectivity index (χ0n) is 21.6. The fourth-order valence-electron chi connectivity index (χ4n) is 5.83. The molecule has 0 unspecified atom stereocenters. The predicted molar refractivity (Wildman–Crippen MR) is 142 cm³/mol. The summed E-state index contributed by atoms with van der Waals surface area (Å²) in [6.07, 6.45) is 9.77. The van der Waals surface area contributed by atoms with Gasteiger partial charge >= 0.3 is 0 Å². The average Bonchev–Trinajstić information content (AvgIpc) is 3.33. The van der Waals surface area contributed by atoms with E-state index in [1.807, 2.05) is 0 Å². The summed E-state index contributed by atoms with van der Waals surface area (Å²) >= 11 is 0. The summed E-state index contributed by atoms with van der Waals surface area (Å²) in [6.45, 7) is 18.7. The van der Waals surface area contributed by atoms with Crippen molar-refractivity contribution in [2.75, 3.05) is 0 Å². The van der Waals surface area contributed by atoms with Crippen LogP contribution in [0.1, 0.15) is 136 Å². The van der Waals surface area contributed by atoms with Crippen molar-refractivity contribution in [2.45, 2.75) is 105 Å². The van der Waals surface area contributed by atoms with Crippen LogP contribution in [0.5, 0.6) is 0 Å². The minimum absolute atomic E-state index is 0.580. The highest BCUT2D eigenvalue weighted by Crippen LogP contribution is 2.41. The predicted octanol–water partition coefficient (Wildman–Crippen LogP) is 9.54. The van der Waals surface area contributed by atoms with Crippen LogP contribution in [-0.2, 0) is 12.8 Å². The summed E-state index contributed by atoms with van der Waals surface area (Å²) in [7, 11) is 0. The van der Waals surface area contributed by atoms with E-state index in [-0.39, 0.29) is 0 Å². The van der Waals surface area contributed by atoms with Gasteiger partial charge in [-0.25, -0.2) is 0 Å². The largest absolute Gasteiger partial charge is 0.0649 e. The molecular weight excluding hydrogens is 384 g/mol. The molecule has 0 saturated carbocycles. The van der Waals surface area contributed by atoms with E-state index in [2.05, 4.69) is 91.8 Å². The zero-order chi connectivity index (χ0) is 23.2. The lowest BCUT2D eigenvalue weighted by atomic mass is 9.87. The third-order valence-electron chi connectivity index (χ3n) is 7.61. The lowest BCUT2D eigenvalue weighted by molar-refractivity contribution is 0.816. The Balaban J connectivity index is 1.55. The van der Waals surface area contributed by atoms with Gasteiger partial charge in [0.25, 0.3) is 0 Å². The van der Waals surface area contributed by atoms with Gasteiger partial charge in [-0.15, -0.1) is 0 Å². The molecule has 0 radical (unpaired) electrons. The highest BCUT2D eigenvalue weighted by molar-refractivity contribution is 5.71. The number of hydrogen-bond donors (Lipinski definition) is 0. The van der Waals surface area contributed by atoms with E-state index >= 15 is 0 Å². The van der Waals surface area contributed by atoms with Crippen molar-refractivity contribution in [1.82, 2.24) is 0 Å². The van der Waals surface area contributed by atoms with Crippen molar-refractivity contribution in [2.24, 2.45) is 0 Å². The van der Waals surface area contributed by atoms with Gasteiger partial charge in [0, 0.05) is 0 Å². The zero-order valence-corrected chi connectivity index (χ0v) is 21.6. The molecule has 0 N–H and O–H groups in total. The third-order valence-corrected chi connectivity index (χ3v) is 7.61. The molecule has 4 rings (SSSR count). The Bertz CT molecular complexity index is 982. The Morgan fingerprint density at radius 3 is 1.12 bits per heavy atom. The van der Waals surface area contributed by atoms with Crippen LogP contribution in [0.15, 0.2) is 35.4 Å². The highest BCUT2D eigenvalue weighted by atomic mass is 14.3.